The van der Waals surface area contributed by atoms with Crippen LogP contribution in [0.3, 0.4) is 0 Å². The Labute approximate surface area is 106 Å². The summed E-state index contributed by atoms with van der Waals surface area (Å²) in [4.78, 5) is 0. The van der Waals surface area contributed by atoms with Crippen LogP contribution in [0.4, 0.5) is 26.3 Å². The second-order valence-corrected chi connectivity index (χ2v) is 5.09. The maximum atomic E-state index is 12.1. The predicted molar refractivity (Wildman–Crippen MR) is 52.4 cm³/mol. The molecule has 0 radical (unpaired) electrons. The van der Waals surface area contributed by atoms with E-state index >= 15 is 0 Å². The van der Waals surface area contributed by atoms with Gasteiger partial charge in [0.15, 0.2) is 0 Å². The van der Waals surface area contributed by atoms with Gasteiger partial charge in [0.05, 0.1) is 12.2 Å². The van der Waals surface area contributed by atoms with Crippen LogP contribution in [0.25, 0.3) is 0 Å². The molecule has 0 unspecified atom stereocenters. The van der Waals surface area contributed by atoms with Crippen LogP contribution in [-0.2, 0) is 9.47 Å². The van der Waals surface area contributed by atoms with Crippen LogP contribution < -0.4 is 0 Å². The van der Waals surface area contributed by atoms with Gasteiger partial charge in [-0.05, 0) is 25.2 Å². The Kier molecular flexibility index (Phi) is 4.02. The van der Waals surface area contributed by atoms with E-state index in [1.54, 1.807) is 0 Å². The van der Waals surface area contributed by atoms with Crippen LogP contribution in [0.15, 0.2) is 0 Å². The molecule has 2 nitrogen and oxygen atoms in total. The van der Waals surface area contributed by atoms with Gasteiger partial charge < -0.3 is 9.47 Å². The number of ether oxygens (including phenoxy) is 2. The molecule has 2 saturated carbocycles. The first-order valence-corrected chi connectivity index (χ1v) is 6.02. The Morgan fingerprint density at radius 1 is 0.842 bits per heavy atom. The van der Waals surface area contributed by atoms with Crippen molar-refractivity contribution in [3.8, 4) is 0 Å². The lowest BCUT2D eigenvalue weighted by atomic mass is 9.98. The summed E-state index contributed by atoms with van der Waals surface area (Å²) >= 11 is 0. The highest BCUT2D eigenvalue weighted by Gasteiger charge is 2.51. The SMILES string of the molecule is FC(F)(F)CO[C@@H]1[C@H]2CC[C@@H]1[C@@H](OCC(F)(F)F)C2. The summed E-state index contributed by atoms with van der Waals surface area (Å²) in [6.45, 7) is -2.70. The van der Waals surface area contributed by atoms with Crippen molar-refractivity contribution in [2.24, 2.45) is 11.8 Å². The number of fused-ring (bicyclic) bond motifs is 2. The lowest BCUT2D eigenvalue weighted by Gasteiger charge is -2.23. The summed E-state index contributed by atoms with van der Waals surface area (Å²) in [5.41, 5.74) is 0. The van der Waals surface area contributed by atoms with Crippen LogP contribution in [-0.4, -0.2) is 37.8 Å². The van der Waals surface area contributed by atoms with Crippen molar-refractivity contribution in [3.63, 3.8) is 0 Å². The fourth-order valence-corrected chi connectivity index (χ4v) is 3.05. The van der Waals surface area contributed by atoms with E-state index in [0.29, 0.717) is 19.3 Å². The number of hydrogen-bond donors (Lipinski definition) is 0. The monoisotopic (exact) mass is 292 g/mol. The smallest absolute Gasteiger partial charge is 0.368 e. The Morgan fingerprint density at radius 2 is 1.42 bits per heavy atom. The molecule has 0 heterocycles. The van der Waals surface area contributed by atoms with Crippen molar-refractivity contribution < 1.29 is 35.8 Å². The molecule has 0 amide bonds. The summed E-state index contributed by atoms with van der Waals surface area (Å²) in [6, 6.07) is 0. The second-order valence-electron chi connectivity index (χ2n) is 5.09. The average Bonchev–Trinajstić information content (AvgIpc) is 2.78. The topological polar surface area (TPSA) is 18.5 Å². The molecule has 0 spiro atoms. The second kappa shape index (κ2) is 5.12. The van der Waals surface area contributed by atoms with Crippen molar-refractivity contribution >= 4 is 0 Å². The summed E-state index contributed by atoms with van der Waals surface area (Å²) in [6.07, 6.45) is -8.48. The highest BCUT2D eigenvalue weighted by atomic mass is 19.4. The number of alkyl halides is 6. The Morgan fingerprint density at radius 3 is 2.00 bits per heavy atom. The standard InChI is InChI=1S/C11H14F6O2/c12-10(13,14)4-18-8-3-6-1-2-7(8)9(6)19-5-11(15,16)17/h6-9H,1-5H2/t6-,7+,8-,9+/m0/s1. The Balaban J connectivity index is 1.84. The molecule has 0 N–H and O–H groups in total. The fraction of sp³-hybridized carbons (Fsp3) is 1.00. The zero-order chi connectivity index (χ0) is 14.3. The van der Waals surface area contributed by atoms with Crippen LogP contribution in [0.1, 0.15) is 19.3 Å². The molecule has 112 valence electrons. The molecule has 2 fully saturated rings. The van der Waals surface area contributed by atoms with E-state index in [-0.39, 0.29) is 11.8 Å². The van der Waals surface area contributed by atoms with Gasteiger partial charge in [0.2, 0.25) is 0 Å². The maximum Gasteiger partial charge on any atom is 0.411 e. The zero-order valence-corrected chi connectivity index (χ0v) is 9.93. The number of hydrogen-bond acceptors (Lipinski definition) is 2. The van der Waals surface area contributed by atoms with Crippen LogP contribution in [0.5, 0.6) is 0 Å². The van der Waals surface area contributed by atoms with Gasteiger partial charge in [0, 0.05) is 5.92 Å². The van der Waals surface area contributed by atoms with Crippen LogP contribution in [0.2, 0.25) is 0 Å². The predicted octanol–water partition coefficient (Wildman–Crippen LogP) is 3.31. The zero-order valence-electron chi connectivity index (χ0n) is 9.93. The third-order valence-corrected chi connectivity index (χ3v) is 3.67. The molecule has 0 aliphatic heterocycles. The molecule has 2 bridgehead atoms. The summed E-state index contributed by atoms with van der Waals surface area (Å²) in [7, 11) is 0. The third kappa shape index (κ3) is 3.98. The minimum absolute atomic E-state index is 0.120. The van der Waals surface area contributed by atoms with E-state index in [0.717, 1.165) is 0 Å². The van der Waals surface area contributed by atoms with E-state index in [1.165, 1.54) is 0 Å². The first kappa shape index (κ1) is 14.9. The Hall–Kier alpha value is -0.500. The molecule has 0 aromatic carbocycles. The fourth-order valence-electron chi connectivity index (χ4n) is 3.05. The van der Waals surface area contributed by atoms with E-state index < -0.39 is 37.8 Å². The lowest BCUT2D eigenvalue weighted by molar-refractivity contribution is -0.199. The molecule has 4 atom stereocenters. The molecule has 8 heteroatoms. The van der Waals surface area contributed by atoms with E-state index in [9.17, 15) is 26.3 Å². The van der Waals surface area contributed by atoms with E-state index in [1.807, 2.05) is 0 Å². The summed E-state index contributed by atoms with van der Waals surface area (Å²) in [5, 5.41) is 0. The number of halogens is 6. The highest BCUT2D eigenvalue weighted by molar-refractivity contribution is 4.99. The molecule has 0 aromatic rings. The Bertz CT molecular complexity index is 313. The molecule has 0 aromatic heterocycles. The molecule has 2 aliphatic rings. The van der Waals surface area contributed by atoms with Crippen molar-refractivity contribution in [2.75, 3.05) is 13.2 Å². The third-order valence-electron chi connectivity index (χ3n) is 3.67. The van der Waals surface area contributed by atoms with Crippen molar-refractivity contribution in [1.29, 1.82) is 0 Å². The first-order valence-electron chi connectivity index (χ1n) is 6.02. The molecular weight excluding hydrogens is 278 g/mol. The van der Waals surface area contributed by atoms with E-state index in [2.05, 4.69) is 0 Å². The van der Waals surface area contributed by atoms with Gasteiger partial charge in [-0.3, -0.25) is 0 Å². The first-order chi connectivity index (χ1) is 8.66. The highest BCUT2D eigenvalue weighted by Crippen LogP contribution is 2.48. The average molecular weight is 292 g/mol. The largest absolute Gasteiger partial charge is 0.411 e. The summed E-state index contributed by atoms with van der Waals surface area (Å²) in [5.74, 6) is -0.472. The number of rotatable bonds is 4. The van der Waals surface area contributed by atoms with Crippen LogP contribution in [0, 0.1) is 11.8 Å². The van der Waals surface area contributed by atoms with E-state index in [4.69, 9.17) is 9.47 Å². The molecule has 0 saturated heterocycles. The lowest BCUT2D eigenvalue weighted by Crippen LogP contribution is -2.31. The molecule has 19 heavy (non-hydrogen) atoms. The minimum Gasteiger partial charge on any atom is -0.368 e. The van der Waals surface area contributed by atoms with Crippen LogP contribution >= 0.6 is 0 Å². The maximum absolute atomic E-state index is 12.1. The van der Waals surface area contributed by atoms with Gasteiger partial charge in [-0.1, -0.05) is 0 Å². The van der Waals surface area contributed by atoms with Crippen molar-refractivity contribution in [3.05, 3.63) is 0 Å². The van der Waals surface area contributed by atoms with Gasteiger partial charge in [0.1, 0.15) is 13.2 Å². The molecule has 2 aliphatic carbocycles. The van der Waals surface area contributed by atoms with Gasteiger partial charge >= 0.3 is 12.4 Å². The van der Waals surface area contributed by atoms with Crippen molar-refractivity contribution in [1.82, 2.24) is 0 Å². The van der Waals surface area contributed by atoms with Gasteiger partial charge in [-0.25, -0.2) is 0 Å². The molecular formula is C11H14F6O2. The quantitative estimate of drug-likeness (QED) is 0.740. The molecule has 2 rings (SSSR count). The minimum atomic E-state index is -4.41. The van der Waals surface area contributed by atoms with Gasteiger partial charge in [-0.15, -0.1) is 0 Å². The normalized spacial score (nSPS) is 35.1. The summed E-state index contributed by atoms with van der Waals surface area (Å²) < 4.78 is 82.0. The van der Waals surface area contributed by atoms with Crippen molar-refractivity contribution in [2.45, 2.75) is 43.8 Å². The van der Waals surface area contributed by atoms with Gasteiger partial charge in [0.25, 0.3) is 0 Å². The van der Waals surface area contributed by atoms with Gasteiger partial charge in [-0.2, -0.15) is 26.3 Å².